The summed E-state index contributed by atoms with van der Waals surface area (Å²) in [6, 6.07) is 0. The first kappa shape index (κ1) is 8.13. The zero-order chi connectivity index (χ0) is 8.27. The monoisotopic (exact) mass is 214 g/mol. The Kier molecular flexibility index (Phi) is 2.53. The van der Waals surface area contributed by atoms with Crippen LogP contribution in [0, 0.1) is 5.41 Å². The minimum absolute atomic E-state index is 0.256. The molecule has 0 aromatic carbocycles. The summed E-state index contributed by atoms with van der Waals surface area (Å²) in [5.41, 5.74) is 0.256. The molecule has 4 nitrogen and oxygen atoms in total. The molecular formula is C6H7BrN4. The zero-order valence-electron chi connectivity index (χ0n) is 5.95. The van der Waals surface area contributed by atoms with Crippen LogP contribution < -0.4 is 5.49 Å². The second-order valence-electron chi connectivity index (χ2n) is 1.90. The van der Waals surface area contributed by atoms with Gasteiger partial charge in [0.15, 0.2) is 5.49 Å². The van der Waals surface area contributed by atoms with Crippen LogP contribution in [-0.4, -0.2) is 14.3 Å². The molecule has 0 radical (unpaired) electrons. The average Bonchev–Trinajstić information content (AvgIpc) is 1.93. The first-order valence-corrected chi connectivity index (χ1v) is 3.78. The van der Waals surface area contributed by atoms with Crippen LogP contribution in [0.5, 0.6) is 0 Å². The molecule has 0 saturated heterocycles. The van der Waals surface area contributed by atoms with Gasteiger partial charge in [0, 0.05) is 12.4 Å². The fraction of sp³-hybridized carbons (Fsp3) is 0.167. The van der Waals surface area contributed by atoms with E-state index >= 15 is 0 Å². The van der Waals surface area contributed by atoms with Gasteiger partial charge in [-0.25, -0.2) is 4.68 Å². The fourth-order valence-corrected chi connectivity index (χ4v) is 0.761. The van der Waals surface area contributed by atoms with Gasteiger partial charge in [0.25, 0.3) is 0 Å². The highest BCUT2D eigenvalue weighted by molar-refractivity contribution is 9.18. The number of hydrogen-bond acceptors (Lipinski definition) is 3. The number of hydrogen-bond donors (Lipinski definition) is 1. The molecule has 11 heavy (non-hydrogen) atoms. The van der Waals surface area contributed by atoms with Crippen molar-refractivity contribution in [3.8, 4) is 0 Å². The third kappa shape index (κ3) is 2.27. The van der Waals surface area contributed by atoms with E-state index in [0.717, 1.165) is 4.62 Å². The first-order valence-electron chi connectivity index (χ1n) is 2.98. The van der Waals surface area contributed by atoms with Crippen LogP contribution in [0.1, 0.15) is 6.92 Å². The summed E-state index contributed by atoms with van der Waals surface area (Å²) in [5.74, 6) is 0. The molecule has 5 heteroatoms. The molecule has 0 aliphatic heterocycles. The molecule has 0 saturated carbocycles. The van der Waals surface area contributed by atoms with E-state index in [-0.39, 0.29) is 5.49 Å². The molecule has 1 aromatic rings. The van der Waals surface area contributed by atoms with Crippen LogP contribution in [0.15, 0.2) is 23.7 Å². The van der Waals surface area contributed by atoms with E-state index in [9.17, 15) is 0 Å². The van der Waals surface area contributed by atoms with Crippen molar-refractivity contribution in [3.63, 3.8) is 0 Å². The van der Waals surface area contributed by atoms with Crippen molar-refractivity contribution in [2.75, 3.05) is 0 Å². The predicted molar refractivity (Wildman–Crippen MR) is 45.5 cm³/mol. The Morgan fingerprint density at radius 3 is 3.09 bits per heavy atom. The summed E-state index contributed by atoms with van der Waals surface area (Å²) >= 11 is 3.17. The van der Waals surface area contributed by atoms with E-state index in [1.54, 1.807) is 19.3 Å². The van der Waals surface area contributed by atoms with E-state index in [1.165, 1.54) is 10.9 Å². The van der Waals surface area contributed by atoms with Gasteiger partial charge in [0.05, 0.1) is 6.20 Å². The minimum Gasteiger partial charge on any atom is -0.282 e. The van der Waals surface area contributed by atoms with Gasteiger partial charge >= 0.3 is 0 Å². The van der Waals surface area contributed by atoms with Crippen molar-refractivity contribution >= 4 is 20.6 Å². The Hall–Kier alpha value is -0.970. The summed E-state index contributed by atoms with van der Waals surface area (Å²) in [7, 11) is 0. The van der Waals surface area contributed by atoms with Gasteiger partial charge in [-0.2, -0.15) is 5.10 Å². The lowest BCUT2D eigenvalue weighted by atomic mass is 10.7. The third-order valence-electron chi connectivity index (χ3n) is 0.983. The molecule has 0 atom stereocenters. The molecule has 0 unspecified atom stereocenters. The molecule has 1 aromatic heterocycles. The highest BCUT2D eigenvalue weighted by Gasteiger charge is 1.86. The van der Waals surface area contributed by atoms with Gasteiger partial charge in [-0.05, 0) is 22.9 Å². The zero-order valence-corrected chi connectivity index (χ0v) is 7.54. The highest BCUT2D eigenvalue weighted by Crippen LogP contribution is 1.87. The summed E-state index contributed by atoms with van der Waals surface area (Å²) in [6.07, 6.45) is 4.63. The van der Waals surface area contributed by atoms with Crippen LogP contribution >= 0.6 is 15.9 Å². The number of aromatic nitrogens is 2. The van der Waals surface area contributed by atoms with Crippen molar-refractivity contribution in [1.82, 2.24) is 9.66 Å². The smallest absolute Gasteiger partial charge is 0.164 e. The number of rotatable bonds is 1. The van der Waals surface area contributed by atoms with Crippen molar-refractivity contribution in [2.45, 2.75) is 6.92 Å². The number of nitrogens with one attached hydrogen (secondary N) is 1. The van der Waals surface area contributed by atoms with Crippen LogP contribution in [0.4, 0.5) is 0 Å². The number of nitrogens with zero attached hydrogens (tertiary/aromatic N) is 3. The molecule has 0 aliphatic carbocycles. The first-order chi connectivity index (χ1) is 5.20. The minimum atomic E-state index is 0.256. The van der Waals surface area contributed by atoms with E-state index in [2.05, 4.69) is 26.0 Å². The SMILES string of the molecule is C/C(Br)=N\n1ccncc1=N. The summed E-state index contributed by atoms with van der Waals surface area (Å²) in [5, 5.41) is 11.3. The molecule has 0 amide bonds. The molecule has 0 fully saturated rings. The van der Waals surface area contributed by atoms with Gasteiger partial charge in [0.1, 0.15) is 4.62 Å². The van der Waals surface area contributed by atoms with E-state index in [0.29, 0.717) is 0 Å². The van der Waals surface area contributed by atoms with Crippen LogP contribution in [-0.2, 0) is 0 Å². The lowest BCUT2D eigenvalue weighted by Crippen LogP contribution is -2.15. The Labute approximate surface area is 72.2 Å². The van der Waals surface area contributed by atoms with Crippen molar-refractivity contribution in [2.24, 2.45) is 5.10 Å². The standard InChI is InChI=1S/C6H7BrN4/c1-5(7)10-11-3-2-9-4-6(11)8/h2-4,8H,1H3/b8-6?,10-5+. The maximum atomic E-state index is 7.34. The molecule has 1 N–H and O–H groups in total. The van der Waals surface area contributed by atoms with Gasteiger partial charge in [-0.15, -0.1) is 0 Å². The molecule has 1 heterocycles. The highest BCUT2D eigenvalue weighted by atomic mass is 79.9. The average molecular weight is 215 g/mol. The Morgan fingerprint density at radius 2 is 2.55 bits per heavy atom. The van der Waals surface area contributed by atoms with Gasteiger partial charge < -0.3 is 0 Å². The summed E-state index contributed by atoms with van der Waals surface area (Å²) < 4.78 is 2.15. The third-order valence-corrected chi connectivity index (χ3v) is 1.14. The molecule has 1 rings (SSSR count). The van der Waals surface area contributed by atoms with Crippen molar-refractivity contribution < 1.29 is 0 Å². The second-order valence-corrected chi connectivity index (χ2v) is 3.05. The van der Waals surface area contributed by atoms with Crippen LogP contribution in [0.2, 0.25) is 0 Å². The van der Waals surface area contributed by atoms with E-state index in [1.807, 2.05) is 0 Å². The lowest BCUT2D eigenvalue weighted by Gasteiger charge is -1.96. The topological polar surface area (TPSA) is 54.0 Å². The van der Waals surface area contributed by atoms with Crippen LogP contribution in [0.25, 0.3) is 0 Å². The van der Waals surface area contributed by atoms with E-state index < -0.39 is 0 Å². The normalized spacial score (nSPS) is 11.6. The van der Waals surface area contributed by atoms with Crippen molar-refractivity contribution in [3.05, 3.63) is 24.1 Å². The molecule has 0 bridgehead atoms. The van der Waals surface area contributed by atoms with Gasteiger partial charge in [-0.3, -0.25) is 10.4 Å². The van der Waals surface area contributed by atoms with Crippen LogP contribution in [0.3, 0.4) is 0 Å². The Balaban J connectivity index is 3.15. The maximum absolute atomic E-state index is 7.34. The molecule has 0 spiro atoms. The quantitative estimate of drug-likeness (QED) is 0.696. The largest absolute Gasteiger partial charge is 0.282 e. The Morgan fingerprint density at radius 1 is 1.82 bits per heavy atom. The molecule has 0 aliphatic rings. The van der Waals surface area contributed by atoms with E-state index in [4.69, 9.17) is 5.41 Å². The fourth-order valence-electron chi connectivity index (χ4n) is 0.590. The summed E-state index contributed by atoms with van der Waals surface area (Å²) in [6.45, 7) is 1.80. The maximum Gasteiger partial charge on any atom is 0.164 e. The predicted octanol–water partition coefficient (Wildman–Crippen LogP) is 0.939. The van der Waals surface area contributed by atoms with Crippen molar-refractivity contribution in [1.29, 1.82) is 5.41 Å². The molecule has 58 valence electrons. The number of halogens is 1. The Bertz CT molecular complexity index is 323. The summed E-state index contributed by atoms with van der Waals surface area (Å²) in [4.78, 5) is 3.76. The van der Waals surface area contributed by atoms with Gasteiger partial charge in [0.2, 0.25) is 0 Å². The lowest BCUT2D eigenvalue weighted by molar-refractivity contribution is 0.775. The van der Waals surface area contributed by atoms with Gasteiger partial charge in [-0.1, -0.05) is 0 Å². The molecular weight excluding hydrogens is 208 g/mol. The second kappa shape index (κ2) is 3.43.